The molecule has 1 aliphatic carbocycles. The van der Waals surface area contributed by atoms with Gasteiger partial charge in [-0.3, -0.25) is 5.10 Å². The van der Waals surface area contributed by atoms with Crippen LogP contribution in [0.3, 0.4) is 0 Å². The highest BCUT2D eigenvalue weighted by Crippen LogP contribution is 2.40. The summed E-state index contributed by atoms with van der Waals surface area (Å²) in [6.07, 6.45) is 3.67. The van der Waals surface area contributed by atoms with Gasteiger partial charge in [0, 0.05) is 26.1 Å². The van der Waals surface area contributed by atoms with E-state index in [4.69, 9.17) is 0 Å². The third kappa shape index (κ3) is 1.66. The zero-order valence-corrected chi connectivity index (χ0v) is 11.4. The van der Waals surface area contributed by atoms with E-state index in [9.17, 15) is 5.11 Å². The van der Waals surface area contributed by atoms with E-state index in [1.165, 1.54) is 0 Å². The van der Waals surface area contributed by atoms with E-state index >= 15 is 0 Å². The molecule has 2 aromatic rings. The van der Waals surface area contributed by atoms with Crippen LogP contribution in [-0.2, 0) is 0 Å². The lowest BCUT2D eigenvalue weighted by atomic mass is 10.00. The molecule has 1 saturated carbocycles. The lowest BCUT2D eigenvalue weighted by Crippen LogP contribution is -2.25. The van der Waals surface area contributed by atoms with Gasteiger partial charge in [-0.2, -0.15) is 15.1 Å². The molecule has 4 rings (SSSR count). The Labute approximate surface area is 116 Å². The Balaban J connectivity index is 1.73. The van der Waals surface area contributed by atoms with Gasteiger partial charge >= 0.3 is 0 Å². The molecule has 0 amide bonds. The Morgan fingerprint density at radius 1 is 1.35 bits per heavy atom. The molecule has 2 fully saturated rings. The Bertz CT molecular complexity index is 641. The number of nitrogens with zero attached hydrogens (tertiary/aromatic N) is 4. The van der Waals surface area contributed by atoms with Crippen molar-refractivity contribution in [1.29, 1.82) is 0 Å². The number of aromatic nitrogens is 4. The van der Waals surface area contributed by atoms with Gasteiger partial charge in [0.2, 0.25) is 5.95 Å². The summed E-state index contributed by atoms with van der Waals surface area (Å²) in [5, 5.41) is 20.9. The quantitative estimate of drug-likeness (QED) is 0.743. The Hall–Kier alpha value is -1.89. The number of aliphatic hydroxyl groups is 1. The first kappa shape index (κ1) is 11.9. The Morgan fingerprint density at radius 2 is 2.25 bits per heavy atom. The standard InChI is InChI=1S/C13H18N6O/c1-14-13-16-11-8(4-15-18-11)12(17-13)19-5-7-2-3-10(20)9(7)6-19/h4,7,9-10,20H,2-3,5-6H2,1H3,(H2,14,15,16,17,18). The van der Waals surface area contributed by atoms with Gasteiger partial charge in [-0.05, 0) is 18.8 Å². The summed E-state index contributed by atoms with van der Waals surface area (Å²) in [5.74, 6) is 2.47. The number of aliphatic hydroxyl groups excluding tert-OH is 1. The number of anilines is 2. The Kier molecular flexibility index (Phi) is 2.56. The molecule has 106 valence electrons. The molecule has 2 aliphatic rings. The third-order valence-electron chi connectivity index (χ3n) is 4.63. The topological polar surface area (TPSA) is 90.0 Å². The highest BCUT2D eigenvalue weighted by molar-refractivity contribution is 5.87. The van der Waals surface area contributed by atoms with Crippen molar-refractivity contribution in [1.82, 2.24) is 20.2 Å². The molecule has 3 unspecified atom stereocenters. The molecule has 0 bridgehead atoms. The van der Waals surface area contributed by atoms with Crippen LogP contribution >= 0.6 is 0 Å². The molecule has 0 radical (unpaired) electrons. The Morgan fingerprint density at radius 3 is 3.05 bits per heavy atom. The highest BCUT2D eigenvalue weighted by atomic mass is 16.3. The van der Waals surface area contributed by atoms with Crippen LogP contribution in [0, 0.1) is 11.8 Å². The van der Waals surface area contributed by atoms with Gasteiger partial charge in [0.25, 0.3) is 0 Å². The van der Waals surface area contributed by atoms with Crippen molar-refractivity contribution < 1.29 is 5.11 Å². The molecule has 3 heterocycles. The lowest BCUT2D eigenvalue weighted by molar-refractivity contribution is 0.133. The van der Waals surface area contributed by atoms with Crippen LogP contribution in [0.1, 0.15) is 12.8 Å². The second-order valence-electron chi connectivity index (χ2n) is 5.73. The molecule has 7 heteroatoms. The maximum atomic E-state index is 10.0. The first-order valence-electron chi connectivity index (χ1n) is 7.08. The molecule has 3 atom stereocenters. The minimum atomic E-state index is -0.157. The van der Waals surface area contributed by atoms with Crippen LogP contribution in [0.2, 0.25) is 0 Å². The van der Waals surface area contributed by atoms with Crippen molar-refractivity contribution in [3.63, 3.8) is 0 Å². The highest BCUT2D eigenvalue weighted by Gasteiger charge is 2.42. The summed E-state index contributed by atoms with van der Waals surface area (Å²) in [5.41, 5.74) is 0.747. The first-order valence-corrected chi connectivity index (χ1v) is 7.08. The number of hydrogen-bond acceptors (Lipinski definition) is 6. The summed E-state index contributed by atoms with van der Waals surface area (Å²) in [7, 11) is 1.81. The number of rotatable bonds is 2. The van der Waals surface area contributed by atoms with Gasteiger partial charge < -0.3 is 15.3 Å². The van der Waals surface area contributed by atoms with Crippen LogP contribution < -0.4 is 10.2 Å². The number of nitrogens with one attached hydrogen (secondary N) is 2. The molecule has 0 aromatic carbocycles. The van der Waals surface area contributed by atoms with Crippen molar-refractivity contribution in [2.24, 2.45) is 11.8 Å². The average molecular weight is 274 g/mol. The van der Waals surface area contributed by atoms with Crippen molar-refractivity contribution >= 4 is 22.8 Å². The molecular formula is C13H18N6O. The fourth-order valence-corrected chi connectivity index (χ4v) is 3.58. The molecule has 20 heavy (non-hydrogen) atoms. The predicted molar refractivity (Wildman–Crippen MR) is 75.7 cm³/mol. The second-order valence-corrected chi connectivity index (χ2v) is 5.73. The van der Waals surface area contributed by atoms with Crippen LogP contribution in [0.4, 0.5) is 11.8 Å². The smallest absolute Gasteiger partial charge is 0.226 e. The van der Waals surface area contributed by atoms with E-state index < -0.39 is 0 Å². The van der Waals surface area contributed by atoms with Crippen molar-refractivity contribution in [3.05, 3.63) is 6.20 Å². The van der Waals surface area contributed by atoms with Crippen molar-refractivity contribution in [3.8, 4) is 0 Å². The van der Waals surface area contributed by atoms with E-state index in [0.29, 0.717) is 17.8 Å². The zero-order valence-electron chi connectivity index (χ0n) is 11.4. The normalized spacial score (nSPS) is 29.1. The fourth-order valence-electron chi connectivity index (χ4n) is 3.58. The summed E-state index contributed by atoms with van der Waals surface area (Å²) < 4.78 is 0. The summed E-state index contributed by atoms with van der Waals surface area (Å²) in [4.78, 5) is 11.2. The van der Waals surface area contributed by atoms with Crippen LogP contribution in [-0.4, -0.2) is 51.5 Å². The first-order chi connectivity index (χ1) is 9.76. The average Bonchev–Trinajstić information content (AvgIpc) is 3.15. The molecule has 7 nitrogen and oxygen atoms in total. The minimum Gasteiger partial charge on any atom is -0.393 e. The van der Waals surface area contributed by atoms with Crippen LogP contribution in [0.25, 0.3) is 11.0 Å². The SMILES string of the molecule is CNc1nc(N2CC3CCC(O)C3C2)c2cn[nH]c2n1. The van der Waals surface area contributed by atoms with E-state index in [0.717, 1.165) is 42.8 Å². The van der Waals surface area contributed by atoms with Gasteiger partial charge in [0.05, 0.1) is 17.7 Å². The molecular weight excluding hydrogens is 256 g/mol. The largest absolute Gasteiger partial charge is 0.393 e. The monoisotopic (exact) mass is 274 g/mol. The molecule has 1 aliphatic heterocycles. The zero-order chi connectivity index (χ0) is 13.7. The molecule has 0 spiro atoms. The molecule has 2 aromatic heterocycles. The fraction of sp³-hybridized carbons (Fsp3) is 0.615. The van der Waals surface area contributed by atoms with Gasteiger partial charge in [0.1, 0.15) is 5.82 Å². The maximum absolute atomic E-state index is 10.0. The lowest BCUT2D eigenvalue weighted by Gasteiger charge is -2.20. The number of H-pyrrole nitrogens is 1. The van der Waals surface area contributed by atoms with E-state index in [1.54, 1.807) is 6.20 Å². The number of fused-ring (bicyclic) bond motifs is 2. The number of hydrogen-bond donors (Lipinski definition) is 3. The van der Waals surface area contributed by atoms with Gasteiger partial charge in [-0.15, -0.1) is 0 Å². The van der Waals surface area contributed by atoms with Crippen LogP contribution in [0.15, 0.2) is 6.20 Å². The second kappa shape index (κ2) is 4.31. The van der Waals surface area contributed by atoms with Gasteiger partial charge in [0.15, 0.2) is 5.65 Å². The number of aromatic amines is 1. The summed E-state index contributed by atoms with van der Waals surface area (Å²) in [6, 6.07) is 0. The minimum absolute atomic E-state index is 0.157. The maximum Gasteiger partial charge on any atom is 0.226 e. The van der Waals surface area contributed by atoms with Gasteiger partial charge in [-0.25, -0.2) is 0 Å². The van der Waals surface area contributed by atoms with Crippen LogP contribution in [0.5, 0.6) is 0 Å². The summed E-state index contributed by atoms with van der Waals surface area (Å²) >= 11 is 0. The van der Waals surface area contributed by atoms with Gasteiger partial charge in [-0.1, -0.05) is 0 Å². The van der Waals surface area contributed by atoms with Crippen molar-refractivity contribution in [2.75, 3.05) is 30.4 Å². The van der Waals surface area contributed by atoms with E-state index in [1.807, 2.05) is 7.05 Å². The summed E-state index contributed by atoms with van der Waals surface area (Å²) in [6.45, 7) is 1.83. The predicted octanol–water partition coefficient (Wildman–Crippen LogP) is 0.602. The molecule has 1 saturated heterocycles. The molecule has 3 N–H and O–H groups in total. The third-order valence-corrected chi connectivity index (χ3v) is 4.63. The van der Waals surface area contributed by atoms with E-state index in [2.05, 4.69) is 30.4 Å². The van der Waals surface area contributed by atoms with E-state index in [-0.39, 0.29) is 6.10 Å². The van der Waals surface area contributed by atoms with Crippen molar-refractivity contribution in [2.45, 2.75) is 18.9 Å².